The van der Waals surface area contributed by atoms with E-state index >= 15 is 0 Å². The minimum absolute atomic E-state index is 0.218. The van der Waals surface area contributed by atoms with Crippen LogP contribution in [0, 0.1) is 0 Å². The van der Waals surface area contributed by atoms with Gasteiger partial charge in [0.2, 0.25) is 5.95 Å². The molecule has 0 saturated heterocycles. The molecule has 2 aromatic rings. The first-order valence-corrected chi connectivity index (χ1v) is 8.73. The summed E-state index contributed by atoms with van der Waals surface area (Å²) in [4.78, 5) is 13.5. The Morgan fingerprint density at radius 3 is 2.88 bits per heavy atom. The van der Waals surface area contributed by atoms with E-state index in [0.717, 1.165) is 55.7 Å². The van der Waals surface area contributed by atoms with Gasteiger partial charge in [0.1, 0.15) is 5.82 Å². The summed E-state index contributed by atoms with van der Waals surface area (Å²) in [5.41, 5.74) is 1.73. The van der Waals surface area contributed by atoms with Gasteiger partial charge in [0, 0.05) is 25.0 Å². The van der Waals surface area contributed by atoms with Gasteiger partial charge in [0.05, 0.1) is 17.4 Å². The Labute approximate surface area is 142 Å². The Morgan fingerprint density at radius 2 is 2.17 bits per heavy atom. The molecule has 0 aliphatic heterocycles. The van der Waals surface area contributed by atoms with Gasteiger partial charge < -0.3 is 15.7 Å². The van der Waals surface area contributed by atoms with Crippen molar-refractivity contribution in [1.82, 2.24) is 15.0 Å². The highest BCUT2D eigenvalue weighted by Gasteiger charge is 2.24. The van der Waals surface area contributed by atoms with Crippen LogP contribution < -0.4 is 10.6 Å². The highest BCUT2D eigenvalue weighted by Crippen LogP contribution is 2.29. The van der Waals surface area contributed by atoms with E-state index in [1.807, 2.05) is 24.4 Å². The van der Waals surface area contributed by atoms with Crippen molar-refractivity contribution in [2.45, 2.75) is 51.2 Å². The van der Waals surface area contributed by atoms with Gasteiger partial charge in [-0.25, -0.2) is 4.98 Å². The quantitative estimate of drug-likeness (QED) is 0.678. The van der Waals surface area contributed by atoms with Crippen LogP contribution in [0.2, 0.25) is 0 Å². The molecule has 6 heteroatoms. The van der Waals surface area contributed by atoms with Crippen molar-refractivity contribution in [2.24, 2.45) is 0 Å². The molecule has 1 fully saturated rings. The molecule has 0 bridgehead atoms. The molecular formula is C18H25N5O. The predicted molar refractivity (Wildman–Crippen MR) is 95.9 cm³/mol. The van der Waals surface area contributed by atoms with E-state index in [2.05, 4.69) is 32.5 Å². The molecule has 0 aromatic carbocycles. The number of rotatable bonds is 7. The zero-order chi connectivity index (χ0) is 16.8. The molecule has 0 radical (unpaired) electrons. The Balaban J connectivity index is 1.83. The second-order valence-electron chi connectivity index (χ2n) is 6.26. The standard InChI is InChI=1S/C18H25N5O/c1-2-3-9-20-18-21-12-15(16-6-4-5-10-19-16)17(23-18)22-13-7-8-14(24)11-13/h4-6,10,12-14,24H,2-3,7-9,11H2,1H3,(H2,20,21,22,23)/t13-,14-/m0/s1. The lowest BCUT2D eigenvalue weighted by atomic mass is 10.1. The maximum Gasteiger partial charge on any atom is 0.224 e. The van der Waals surface area contributed by atoms with Crippen molar-refractivity contribution in [3.8, 4) is 11.3 Å². The highest BCUT2D eigenvalue weighted by atomic mass is 16.3. The summed E-state index contributed by atoms with van der Waals surface area (Å²) in [7, 11) is 0. The first-order chi connectivity index (χ1) is 11.8. The average Bonchev–Trinajstić information content (AvgIpc) is 3.01. The number of aromatic nitrogens is 3. The third-order valence-corrected chi connectivity index (χ3v) is 4.29. The van der Waals surface area contributed by atoms with Gasteiger partial charge in [-0.3, -0.25) is 4.98 Å². The lowest BCUT2D eigenvalue weighted by Gasteiger charge is -2.17. The molecule has 2 heterocycles. The van der Waals surface area contributed by atoms with Gasteiger partial charge in [-0.1, -0.05) is 19.4 Å². The number of aliphatic hydroxyl groups excluding tert-OH is 1. The largest absolute Gasteiger partial charge is 0.393 e. The number of pyridine rings is 1. The summed E-state index contributed by atoms with van der Waals surface area (Å²) >= 11 is 0. The SMILES string of the molecule is CCCCNc1ncc(-c2ccccn2)c(N[C@H]2CC[C@H](O)C2)n1. The van der Waals surface area contributed by atoms with Crippen molar-refractivity contribution in [1.29, 1.82) is 0 Å². The van der Waals surface area contributed by atoms with E-state index in [0.29, 0.717) is 5.95 Å². The summed E-state index contributed by atoms with van der Waals surface area (Å²) in [6.07, 6.45) is 8.12. The second-order valence-corrected chi connectivity index (χ2v) is 6.26. The van der Waals surface area contributed by atoms with Crippen molar-refractivity contribution < 1.29 is 5.11 Å². The van der Waals surface area contributed by atoms with E-state index in [-0.39, 0.29) is 12.1 Å². The van der Waals surface area contributed by atoms with Gasteiger partial charge >= 0.3 is 0 Å². The molecule has 1 aliphatic rings. The fourth-order valence-corrected chi connectivity index (χ4v) is 2.95. The maximum absolute atomic E-state index is 9.76. The number of nitrogens with one attached hydrogen (secondary N) is 2. The summed E-state index contributed by atoms with van der Waals surface area (Å²) < 4.78 is 0. The third kappa shape index (κ3) is 4.20. The van der Waals surface area contributed by atoms with E-state index < -0.39 is 0 Å². The van der Waals surface area contributed by atoms with E-state index in [1.54, 1.807) is 6.20 Å². The van der Waals surface area contributed by atoms with Crippen LogP contribution in [0.25, 0.3) is 11.3 Å². The van der Waals surface area contributed by atoms with Gasteiger partial charge in [0.25, 0.3) is 0 Å². The maximum atomic E-state index is 9.76. The molecule has 0 unspecified atom stereocenters. The fraction of sp³-hybridized carbons (Fsp3) is 0.500. The van der Waals surface area contributed by atoms with Gasteiger partial charge in [0.15, 0.2) is 0 Å². The monoisotopic (exact) mass is 327 g/mol. The third-order valence-electron chi connectivity index (χ3n) is 4.29. The van der Waals surface area contributed by atoms with E-state index in [1.165, 1.54) is 0 Å². The molecule has 1 saturated carbocycles. The minimum atomic E-state index is -0.218. The van der Waals surface area contributed by atoms with Crippen molar-refractivity contribution in [2.75, 3.05) is 17.2 Å². The molecule has 3 N–H and O–H groups in total. The molecule has 2 atom stereocenters. The molecule has 6 nitrogen and oxygen atoms in total. The Bertz CT molecular complexity index is 649. The smallest absolute Gasteiger partial charge is 0.224 e. The molecular weight excluding hydrogens is 302 g/mol. The number of hydrogen-bond donors (Lipinski definition) is 3. The number of anilines is 2. The predicted octanol–water partition coefficient (Wildman–Crippen LogP) is 3.08. The highest BCUT2D eigenvalue weighted by molar-refractivity contribution is 5.72. The van der Waals surface area contributed by atoms with Gasteiger partial charge in [-0.2, -0.15) is 4.98 Å². The van der Waals surface area contributed by atoms with Crippen LogP contribution in [0.15, 0.2) is 30.6 Å². The van der Waals surface area contributed by atoms with Crippen molar-refractivity contribution in [3.63, 3.8) is 0 Å². The van der Waals surface area contributed by atoms with Crippen molar-refractivity contribution in [3.05, 3.63) is 30.6 Å². The molecule has 0 amide bonds. The summed E-state index contributed by atoms with van der Waals surface area (Å²) in [5.74, 6) is 1.41. The zero-order valence-corrected chi connectivity index (χ0v) is 14.1. The number of unbranched alkanes of at least 4 members (excludes halogenated alkanes) is 1. The topological polar surface area (TPSA) is 83.0 Å². The Hall–Kier alpha value is -2.21. The molecule has 128 valence electrons. The summed E-state index contributed by atoms with van der Waals surface area (Å²) in [6.45, 7) is 3.02. The molecule has 2 aromatic heterocycles. The first kappa shape index (κ1) is 16.6. The van der Waals surface area contributed by atoms with E-state index in [4.69, 9.17) is 0 Å². The molecule has 24 heavy (non-hydrogen) atoms. The molecule has 3 rings (SSSR count). The van der Waals surface area contributed by atoms with Crippen LogP contribution in [-0.2, 0) is 0 Å². The average molecular weight is 327 g/mol. The van der Waals surface area contributed by atoms with Crippen LogP contribution in [-0.4, -0.2) is 38.7 Å². The Kier molecular flexibility index (Phi) is 5.59. The van der Waals surface area contributed by atoms with Crippen LogP contribution in [0.1, 0.15) is 39.0 Å². The van der Waals surface area contributed by atoms with Crippen molar-refractivity contribution >= 4 is 11.8 Å². The first-order valence-electron chi connectivity index (χ1n) is 8.73. The number of nitrogens with zero attached hydrogens (tertiary/aromatic N) is 3. The molecule has 0 spiro atoms. The number of hydrogen-bond acceptors (Lipinski definition) is 6. The Morgan fingerprint density at radius 1 is 1.25 bits per heavy atom. The normalized spacial score (nSPS) is 20.1. The van der Waals surface area contributed by atoms with Crippen LogP contribution in [0.5, 0.6) is 0 Å². The van der Waals surface area contributed by atoms with Crippen LogP contribution >= 0.6 is 0 Å². The minimum Gasteiger partial charge on any atom is -0.393 e. The summed E-state index contributed by atoms with van der Waals surface area (Å²) in [5, 5.41) is 16.5. The zero-order valence-electron chi connectivity index (χ0n) is 14.1. The lowest BCUT2D eigenvalue weighted by Crippen LogP contribution is -2.19. The van der Waals surface area contributed by atoms with Crippen LogP contribution in [0.4, 0.5) is 11.8 Å². The molecule has 1 aliphatic carbocycles. The van der Waals surface area contributed by atoms with Gasteiger partial charge in [-0.15, -0.1) is 0 Å². The van der Waals surface area contributed by atoms with E-state index in [9.17, 15) is 5.11 Å². The van der Waals surface area contributed by atoms with Crippen LogP contribution in [0.3, 0.4) is 0 Å². The van der Waals surface area contributed by atoms with Gasteiger partial charge in [-0.05, 0) is 37.8 Å². The second kappa shape index (κ2) is 8.06. The fourth-order valence-electron chi connectivity index (χ4n) is 2.95. The number of aliphatic hydroxyl groups is 1. The summed E-state index contributed by atoms with van der Waals surface area (Å²) in [6, 6.07) is 6.04. The lowest BCUT2D eigenvalue weighted by molar-refractivity contribution is 0.182.